The Morgan fingerprint density at radius 2 is 0.882 bits per heavy atom. The minimum Gasteiger partial charge on any atom is -0.309 e. The van der Waals surface area contributed by atoms with Crippen LogP contribution in [-0.4, -0.2) is 9.13 Å². The molecule has 11 rings (SSSR count). The van der Waals surface area contributed by atoms with Crippen LogP contribution in [-0.2, 0) is 6.42 Å². The lowest BCUT2D eigenvalue weighted by Gasteiger charge is -2.15. The SMILES string of the molecule is c1ccc(-n2c3ccccc3c3c2c(-c2ccc(-c4cccc5c4Cc4ccccc4-5)cc2)cc2c4ccccc4n(-c4ccccc4)c23)cc1. The Bertz CT molecular complexity index is 2960. The van der Waals surface area contributed by atoms with E-state index in [0.717, 1.165) is 17.8 Å². The maximum absolute atomic E-state index is 2.47. The lowest BCUT2D eigenvalue weighted by molar-refractivity contribution is 1.17. The van der Waals surface area contributed by atoms with Gasteiger partial charge >= 0.3 is 0 Å². The third-order valence-corrected chi connectivity index (χ3v) is 11.0. The van der Waals surface area contributed by atoms with Gasteiger partial charge < -0.3 is 9.13 Å². The van der Waals surface area contributed by atoms with Gasteiger partial charge in [0.2, 0.25) is 0 Å². The first-order valence-corrected chi connectivity index (χ1v) is 17.7. The molecule has 51 heavy (non-hydrogen) atoms. The van der Waals surface area contributed by atoms with Crippen molar-refractivity contribution in [2.24, 2.45) is 0 Å². The molecule has 2 aromatic heterocycles. The minimum absolute atomic E-state index is 0.976. The molecule has 0 N–H and O–H groups in total. The summed E-state index contributed by atoms with van der Waals surface area (Å²) in [5, 5.41) is 5.03. The van der Waals surface area contributed by atoms with Crippen LogP contribution < -0.4 is 0 Å². The van der Waals surface area contributed by atoms with Crippen molar-refractivity contribution < 1.29 is 0 Å². The summed E-state index contributed by atoms with van der Waals surface area (Å²) in [5.41, 5.74) is 17.8. The number of rotatable bonds is 4. The highest BCUT2D eigenvalue weighted by Gasteiger charge is 2.25. The van der Waals surface area contributed by atoms with E-state index in [-0.39, 0.29) is 0 Å². The van der Waals surface area contributed by atoms with E-state index in [0.29, 0.717) is 0 Å². The van der Waals surface area contributed by atoms with Crippen LogP contribution in [0, 0.1) is 0 Å². The molecule has 0 saturated carbocycles. The van der Waals surface area contributed by atoms with Gasteiger partial charge in [0.1, 0.15) is 0 Å². The van der Waals surface area contributed by atoms with Gasteiger partial charge in [0, 0.05) is 38.5 Å². The van der Waals surface area contributed by atoms with E-state index >= 15 is 0 Å². The first kappa shape index (κ1) is 28.2. The molecule has 0 atom stereocenters. The van der Waals surface area contributed by atoms with Gasteiger partial charge in [0.25, 0.3) is 0 Å². The van der Waals surface area contributed by atoms with Crippen molar-refractivity contribution in [2.45, 2.75) is 6.42 Å². The summed E-state index contributed by atoms with van der Waals surface area (Å²) >= 11 is 0. The maximum atomic E-state index is 2.47. The second-order valence-corrected chi connectivity index (χ2v) is 13.7. The van der Waals surface area contributed by atoms with Gasteiger partial charge in [-0.1, -0.05) is 140 Å². The number of hydrogen-bond acceptors (Lipinski definition) is 0. The Morgan fingerprint density at radius 3 is 1.61 bits per heavy atom. The average molecular weight is 649 g/mol. The highest BCUT2D eigenvalue weighted by Crippen LogP contribution is 2.47. The molecule has 0 saturated heterocycles. The summed E-state index contributed by atoms with van der Waals surface area (Å²) in [4.78, 5) is 0. The van der Waals surface area contributed by atoms with Crippen molar-refractivity contribution in [2.75, 3.05) is 0 Å². The molecule has 0 aliphatic heterocycles. The number of aromatic nitrogens is 2. The zero-order valence-electron chi connectivity index (χ0n) is 27.9. The summed E-state index contributed by atoms with van der Waals surface area (Å²) < 4.78 is 4.94. The van der Waals surface area contributed by atoms with Crippen LogP contribution in [0.1, 0.15) is 11.1 Å². The number of hydrogen-bond donors (Lipinski definition) is 0. The lowest BCUT2D eigenvalue weighted by atomic mass is 9.93. The van der Waals surface area contributed by atoms with Gasteiger partial charge in [-0.2, -0.15) is 0 Å². The smallest absolute Gasteiger partial charge is 0.0641 e. The predicted molar refractivity (Wildman–Crippen MR) is 214 cm³/mol. The van der Waals surface area contributed by atoms with Crippen LogP contribution in [0.25, 0.3) is 88.4 Å². The van der Waals surface area contributed by atoms with E-state index in [1.807, 2.05) is 0 Å². The number of fused-ring (bicyclic) bond motifs is 10. The monoisotopic (exact) mass is 648 g/mol. The van der Waals surface area contributed by atoms with E-state index in [9.17, 15) is 0 Å². The van der Waals surface area contributed by atoms with E-state index in [1.165, 1.54) is 88.1 Å². The van der Waals surface area contributed by atoms with Gasteiger partial charge in [-0.25, -0.2) is 0 Å². The molecule has 0 spiro atoms. The molecule has 0 amide bonds. The van der Waals surface area contributed by atoms with Crippen LogP contribution in [0.4, 0.5) is 0 Å². The fourth-order valence-corrected chi connectivity index (χ4v) is 8.77. The quantitative estimate of drug-likeness (QED) is 0.180. The summed E-state index contributed by atoms with van der Waals surface area (Å²) in [6, 6.07) is 66.8. The minimum atomic E-state index is 0.976. The zero-order valence-corrected chi connectivity index (χ0v) is 27.9. The van der Waals surface area contributed by atoms with Crippen molar-refractivity contribution >= 4 is 43.6 Å². The fraction of sp³-hybridized carbons (Fsp3) is 0.0204. The number of nitrogens with zero attached hydrogens (tertiary/aromatic N) is 2. The second kappa shape index (κ2) is 10.9. The van der Waals surface area contributed by atoms with Crippen molar-refractivity contribution in [3.63, 3.8) is 0 Å². The molecule has 2 heterocycles. The Labute approximate surface area is 296 Å². The Hall–Kier alpha value is -6.64. The summed E-state index contributed by atoms with van der Waals surface area (Å²) in [6.07, 6.45) is 0.976. The van der Waals surface area contributed by atoms with E-state index in [1.54, 1.807) is 0 Å². The third kappa shape index (κ3) is 4.11. The molecule has 0 unspecified atom stereocenters. The highest BCUT2D eigenvalue weighted by molar-refractivity contribution is 6.29. The van der Waals surface area contributed by atoms with Gasteiger partial charge in [-0.3, -0.25) is 0 Å². The van der Waals surface area contributed by atoms with E-state index < -0.39 is 0 Å². The van der Waals surface area contributed by atoms with Crippen molar-refractivity contribution in [3.8, 4) is 44.8 Å². The molecule has 2 nitrogen and oxygen atoms in total. The molecule has 8 aromatic carbocycles. The second-order valence-electron chi connectivity index (χ2n) is 13.7. The third-order valence-electron chi connectivity index (χ3n) is 11.0. The van der Waals surface area contributed by atoms with E-state index in [4.69, 9.17) is 0 Å². The van der Waals surface area contributed by atoms with Gasteiger partial charge in [0.15, 0.2) is 0 Å². The van der Waals surface area contributed by atoms with E-state index in [2.05, 4.69) is 191 Å². The molecule has 0 bridgehead atoms. The molecule has 1 aliphatic rings. The molecule has 0 radical (unpaired) electrons. The molecular weight excluding hydrogens is 617 g/mol. The molecule has 10 aromatic rings. The average Bonchev–Trinajstić information content (AvgIpc) is 3.86. The van der Waals surface area contributed by atoms with Crippen molar-refractivity contribution in [1.29, 1.82) is 0 Å². The van der Waals surface area contributed by atoms with Crippen LogP contribution >= 0.6 is 0 Å². The molecular formula is C49H32N2. The summed E-state index contributed by atoms with van der Waals surface area (Å²) in [5.74, 6) is 0. The Kier molecular flexibility index (Phi) is 6.05. The normalized spacial score (nSPS) is 12.2. The van der Waals surface area contributed by atoms with Gasteiger partial charge in [0.05, 0.1) is 22.1 Å². The summed E-state index contributed by atoms with van der Waals surface area (Å²) in [7, 11) is 0. The van der Waals surface area contributed by atoms with Crippen LogP contribution in [0.5, 0.6) is 0 Å². The lowest BCUT2D eigenvalue weighted by Crippen LogP contribution is -1.97. The predicted octanol–water partition coefficient (Wildman–Crippen LogP) is 12.8. The van der Waals surface area contributed by atoms with Gasteiger partial charge in [-0.15, -0.1) is 0 Å². The van der Waals surface area contributed by atoms with Gasteiger partial charge in [-0.05, 0) is 87.8 Å². The topological polar surface area (TPSA) is 9.86 Å². The first-order valence-electron chi connectivity index (χ1n) is 17.7. The van der Waals surface area contributed by atoms with Crippen LogP contribution in [0.2, 0.25) is 0 Å². The van der Waals surface area contributed by atoms with Crippen LogP contribution in [0.15, 0.2) is 182 Å². The number of para-hydroxylation sites is 4. The largest absolute Gasteiger partial charge is 0.309 e. The Morgan fingerprint density at radius 1 is 0.353 bits per heavy atom. The first-order chi connectivity index (χ1) is 25.3. The molecule has 2 heteroatoms. The maximum Gasteiger partial charge on any atom is 0.0641 e. The van der Waals surface area contributed by atoms with Crippen molar-refractivity contribution in [1.82, 2.24) is 9.13 Å². The zero-order chi connectivity index (χ0) is 33.5. The fourth-order valence-electron chi connectivity index (χ4n) is 8.77. The molecule has 1 aliphatic carbocycles. The molecule has 0 fully saturated rings. The Balaban J connectivity index is 1.22. The number of benzene rings is 8. The van der Waals surface area contributed by atoms with Crippen molar-refractivity contribution in [3.05, 3.63) is 193 Å². The highest BCUT2D eigenvalue weighted by atomic mass is 15.0. The summed E-state index contributed by atoms with van der Waals surface area (Å²) in [6.45, 7) is 0. The molecule has 238 valence electrons. The van der Waals surface area contributed by atoms with Crippen LogP contribution in [0.3, 0.4) is 0 Å². The standard InChI is InChI=1S/C49H32N2/c1-3-15-35(16-4-1)50-45-24-11-9-20-40(45)44-31-42(48-47(49(44)50)41-21-10-12-25-46(41)51(48)36-17-5-2-6-18-36)33-28-26-32(27-29-33)37-22-13-23-39-38-19-8-7-14-34(38)30-43(37)39/h1-29,31H,30H2.